The van der Waals surface area contributed by atoms with E-state index in [0.29, 0.717) is 23.6 Å². The van der Waals surface area contributed by atoms with E-state index in [0.717, 1.165) is 0 Å². The van der Waals surface area contributed by atoms with Crippen molar-refractivity contribution in [3.05, 3.63) is 42.2 Å². The Labute approximate surface area is 152 Å². The van der Waals surface area contributed by atoms with Gasteiger partial charge >= 0.3 is 0 Å². The summed E-state index contributed by atoms with van der Waals surface area (Å²) in [6.45, 7) is 3.65. The van der Waals surface area contributed by atoms with Gasteiger partial charge in [0.1, 0.15) is 0 Å². The zero-order valence-corrected chi connectivity index (χ0v) is 15.2. The van der Waals surface area contributed by atoms with Gasteiger partial charge < -0.3 is 15.5 Å². The Morgan fingerprint density at radius 3 is 2.19 bits per heavy atom. The van der Waals surface area contributed by atoms with E-state index in [1.54, 1.807) is 48.3 Å². The third-order valence-corrected chi connectivity index (χ3v) is 3.66. The summed E-state index contributed by atoms with van der Waals surface area (Å²) in [6, 6.07) is 8.55. The molecule has 3 amide bonds. The first-order valence-corrected chi connectivity index (χ1v) is 8.31. The first-order valence-electron chi connectivity index (χ1n) is 8.31. The van der Waals surface area contributed by atoms with E-state index in [2.05, 4.69) is 15.7 Å². The maximum atomic E-state index is 12.3. The van der Waals surface area contributed by atoms with Gasteiger partial charge in [-0.05, 0) is 37.3 Å². The number of carbonyl (C=O) groups is 3. The molecule has 0 aliphatic rings. The molecule has 2 rings (SSSR count). The Morgan fingerprint density at radius 1 is 1.08 bits per heavy atom. The fourth-order valence-corrected chi connectivity index (χ4v) is 2.41. The molecular formula is C18H23N5O3. The van der Waals surface area contributed by atoms with Crippen molar-refractivity contribution in [3.63, 3.8) is 0 Å². The van der Waals surface area contributed by atoms with E-state index in [1.807, 2.05) is 6.92 Å². The van der Waals surface area contributed by atoms with Crippen molar-refractivity contribution in [3.8, 4) is 0 Å². The van der Waals surface area contributed by atoms with Gasteiger partial charge in [0.05, 0.1) is 18.7 Å². The third kappa shape index (κ3) is 5.73. The lowest BCUT2D eigenvalue weighted by molar-refractivity contribution is -0.133. The number of benzene rings is 1. The van der Waals surface area contributed by atoms with Gasteiger partial charge in [0, 0.05) is 38.1 Å². The van der Waals surface area contributed by atoms with Crippen LogP contribution in [0.4, 0.5) is 11.4 Å². The molecule has 0 aliphatic carbocycles. The molecule has 0 spiro atoms. The van der Waals surface area contributed by atoms with Crippen LogP contribution in [0.1, 0.15) is 19.5 Å². The molecule has 0 bridgehead atoms. The summed E-state index contributed by atoms with van der Waals surface area (Å²) in [6.07, 6.45) is 1.93. The van der Waals surface area contributed by atoms with Crippen molar-refractivity contribution in [2.24, 2.45) is 7.05 Å². The Kier molecular flexibility index (Phi) is 6.48. The van der Waals surface area contributed by atoms with Crippen molar-refractivity contribution in [1.29, 1.82) is 0 Å². The topological polar surface area (TPSA) is 96.3 Å². The Balaban J connectivity index is 1.89. The maximum Gasteiger partial charge on any atom is 0.243 e. The van der Waals surface area contributed by atoms with E-state index in [9.17, 15) is 14.4 Å². The van der Waals surface area contributed by atoms with Crippen LogP contribution < -0.4 is 10.6 Å². The highest BCUT2D eigenvalue weighted by Crippen LogP contribution is 2.13. The van der Waals surface area contributed by atoms with Gasteiger partial charge in [0.2, 0.25) is 17.7 Å². The van der Waals surface area contributed by atoms with Gasteiger partial charge in [0.15, 0.2) is 0 Å². The molecule has 8 heteroatoms. The molecule has 0 aliphatic heterocycles. The van der Waals surface area contributed by atoms with Gasteiger partial charge in [-0.1, -0.05) is 0 Å². The number of likely N-dealkylation sites (N-methyl/N-ethyl adjacent to an activating group) is 1. The number of hydrogen-bond donors (Lipinski definition) is 2. The normalized spacial score (nSPS) is 10.3. The van der Waals surface area contributed by atoms with Crippen LogP contribution in [0.2, 0.25) is 0 Å². The van der Waals surface area contributed by atoms with Crippen LogP contribution in [0.25, 0.3) is 0 Å². The molecule has 0 atom stereocenters. The quantitative estimate of drug-likeness (QED) is 0.783. The standard InChI is InChI=1S/C18H23N5O3/c1-4-23(18(26)11-16-9-10-22(3)21-16)12-17(25)20-15-7-5-14(6-8-15)19-13(2)24/h5-10H,4,11-12H2,1-3H3,(H,19,24)(H,20,25). The van der Waals surface area contributed by atoms with Gasteiger partial charge in [-0.2, -0.15) is 5.10 Å². The average molecular weight is 357 g/mol. The molecule has 0 unspecified atom stereocenters. The summed E-state index contributed by atoms with van der Waals surface area (Å²) in [7, 11) is 1.79. The molecule has 0 fully saturated rings. The number of amides is 3. The Bertz CT molecular complexity index is 782. The van der Waals surface area contributed by atoms with Crippen LogP contribution in [-0.4, -0.2) is 45.5 Å². The van der Waals surface area contributed by atoms with Crippen molar-refractivity contribution >= 4 is 29.1 Å². The van der Waals surface area contributed by atoms with E-state index in [1.165, 1.54) is 11.8 Å². The second-order valence-electron chi connectivity index (χ2n) is 5.87. The summed E-state index contributed by atoms with van der Waals surface area (Å²) >= 11 is 0. The zero-order valence-electron chi connectivity index (χ0n) is 15.2. The first-order chi connectivity index (χ1) is 12.4. The third-order valence-electron chi connectivity index (χ3n) is 3.66. The number of nitrogens with one attached hydrogen (secondary N) is 2. The summed E-state index contributed by atoms with van der Waals surface area (Å²) in [5.41, 5.74) is 1.92. The van der Waals surface area contributed by atoms with Gasteiger partial charge in [-0.15, -0.1) is 0 Å². The number of nitrogens with zero attached hydrogens (tertiary/aromatic N) is 3. The largest absolute Gasteiger partial charge is 0.333 e. The molecule has 138 valence electrons. The van der Waals surface area contributed by atoms with Crippen LogP contribution >= 0.6 is 0 Å². The molecule has 0 saturated heterocycles. The minimum Gasteiger partial charge on any atom is -0.333 e. The maximum absolute atomic E-state index is 12.3. The van der Waals surface area contributed by atoms with Gasteiger partial charge in [-0.3, -0.25) is 19.1 Å². The van der Waals surface area contributed by atoms with Crippen molar-refractivity contribution in [2.45, 2.75) is 20.3 Å². The van der Waals surface area contributed by atoms with E-state index in [4.69, 9.17) is 0 Å². The molecule has 1 aromatic carbocycles. The number of aryl methyl sites for hydroxylation is 1. The lowest BCUT2D eigenvalue weighted by Gasteiger charge is -2.20. The molecule has 0 saturated carbocycles. The van der Waals surface area contributed by atoms with Crippen LogP contribution in [0, 0.1) is 0 Å². The fourth-order valence-electron chi connectivity index (χ4n) is 2.41. The smallest absolute Gasteiger partial charge is 0.243 e. The highest BCUT2D eigenvalue weighted by molar-refractivity contribution is 5.95. The molecule has 2 N–H and O–H groups in total. The summed E-state index contributed by atoms with van der Waals surface area (Å²) in [4.78, 5) is 37.0. The highest BCUT2D eigenvalue weighted by Gasteiger charge is 2.17. The molecular weight excluding hydrogens is 334 g/mol. The molecule has 1 heterocycles. The lowest BCUT2D eigenvalue weighted by atomic mass is 10.2. The molecule has 1 aromatic heterocycles. The van der Waals surface area contributed by atoms with Gasteiger partial charge in [0.25, 0.3) is 0 Å². The Hall–Kier alpha value is -3.16. The highest BCUT2D eigenvalue weighted by atomic mass is 16.2. The van der Waals surface area contributed by atoms with Crippen molar-refractivity contribution in [1.82, 2.24) is 14.7 Å². The monoisotopic (exact) mass is 357 g/mol. The first kappa shape index (κ1) is 19.2. The zero-order chi connectivity index (χ0) is 19.1. The predicted molar refractivity (Wildman–Crippen MR) is 98.5 cm³/mol. The SMILES string of the molecule is CCN(CC(=O)Nc1ccc(NC(C)=O)cc1)C(=O)Cc1ccn(C)n1. The second kappa shape index (κ2) is 8.80. The second-order valence-corrected chi connectivity index (χ2v) is 5.87. The average Bonchev–Trinajstić information content (AvgIpc) is 2.98. The summed E-state index contributed by atoms with van der Waals surface area (Å²) < 4.78 is 1.64. The molecule has 26 heavy (non-hydrogen) atoms. The van der Waals surface area contributed by atoms with E-state index >= 15 is 0 Å². The van der Waals surface area contributed by atoms with Crippen molar-refractivity contribution in [2.75, 3.05) is 23.7 Å². The van der Waals surface area contributed by atoms with Crippen molar-refractivity contribution < 1.29 is 14.4 Å². The Morgan fingerprint density at radius 2 is 1.69 bits per heavy atom. The van der Waals surface area contributed by atoms with E-state index < -0.39 is 0 Å². The number of aromatic nitrogens is 2. The number of hydrogen-bond acceptors (Lipinski definition) is 4. The minimum absolute atomic E-state index is 0.0321. The van der Waals surface area contributed by atoms with Crippen LogP contribution in [0.5, 0.6) is 0 Å². The van der Waals surface area contributed by atoms with Crippen LogP contribution in [0.3, 0.4) is 0 Å². The summed E-state index contributed by atoms with van der Waals surface area (Å²) in [5.74, 6) is -0.595. The number of rotatable bonds is 7. The van der Waals surface area contributed by atoms with Gasteiger partial charge in [-0.25, -0.2) is 0 Å². The fraction of sp³-hybridized carbons (Fsp3) is 0.333. The molecule has 0 radical (unpaired) electrons. The minimum atomic E-state index is -0.284. The van der Waals surface area contributed by atoms with E-state index in [-0.39, 0.29) is 30.7 Å². The lowest BCUT2D eigenvalue weighted by Crippen LogP contribution is -2.38. The van der Waals surface area contributed by atoms with Crippen LogP contribution in [-0.2, 0) is 27.9 Å². The summed E-state index contributed by atoms with van der Waals surface area (Å²) in [5, 5.41) is 9.58. The molecule has 8 nitrogen and oxygen atoms in total. The predicted octanol–water partition coefficient (Wildman–Crippen LogP) is 1.41. The molecule has 2 aromatic rings. The van der Waals surface area contributed by atoms with Crippen LogP contribution in [0.15, 0.2) is 36.5 Å². The number of carbonyl (C=O) groups excluding carboxylic acids is 3. The number of anilines is 2.